The van der Waals surface area contributed by atoms with Crippen LogP contribution in [0.1, 0.15) is 5.56 Å². The third-order valence-corrected chi connectivity index (χ3v) is 3.20. The maximum Gasteiger partial charge on any atom is 0.294 e. The summed E-state index contributed by atoms with van der Waals surface area (Å²) in [4.78, 5) is -0.173. The molecule has 0 unspecified atom stereocenters. The molecule has 0 aliphatic rings. The highest BCUT2D eigenvalue weighted by Gasteiger charge is 2.09. The van der Waals surface area contributed by atoms with Gasteiger partial charge in [-0.1, -0.05) is 36.4 Å². The van der Waals surface area contributed by atoms with Gasteiger partial charge in [-0.15, -0.1) is 0 Å². The molecular formula is C13H12O4S. The Labute approximate surface area is 106 Å². The Bertz CT molecular complexity index is 620. The lowest BCUT2D eigenvalue weighted by atomic mass is 10.2. The first kappa shape index (κ1) is 12.6. The van der Waals surface area contributed by atoms with E-state index in [2.05, 4.69) is 0 Å². The summed E-state index contributed by atoms with van der Waals surface area (Å²) in [6, 6.07) is 15.3. The van der Waals surface area contributed by atoms with E-state index in [9.17, 15) is 8.42 Å². The van der Waals surface area contributed by atoms with Crippen LogP contribution in [0.2, 0.25) is 0 Å². The van der Waals surface area contributed by atoms with Crippen LogP contribution < -0.4 is 4.74 Å². The minimum atomic E-state index is -4.19. The predicted octanol–water partition coefficient (Wildman–Crippen LogP) is 2.51. The van der Waals surface area contributed by atoms with Crippen molar-refractivity contribution in [1.82, 2.24) is 0 Å². The summed E-state index contributed by atoms with van der Waals surface area (Å²) in [5.41, 5.74) is 0.981. The van der Waals surface area contributed by atoms with E-state index in [1.807, 2.05) is 30.3 Å². The van der Waals surface area contributed by atoms with Crippen LogP contribution in [0.15, 0.2) is 59.5 Å². The van der Waals surface area contributed by atoms with Crippen LogP contribution in [-0.2, 0) is 16.7 Å². The molecule has 0 aromatic heterocycles. The first-order valence-corrected chi connectivity index (χ1v) is 6.74. The Morgan fingerprint density at radius 1 is 1.00 bits per heavy atom. The molecular weight excluding hydrogens is 252 g/mol. The van der Waals surface area contributed by atoms with E-state index in [1.165, 1.54) is 18.2 Å². The zero-order valence-corrected chi connectivity index (χ0v) is 10.3. The maximum absolute atomic E-state index is 11.0. The summed E-state index contributed by atoms with van der Waals surface area (Å²) >= 11 is 0. The average molecular weight is 264 g/mol. The second kappa shape index (κ2) is 5.20. The molecule has 0 saturated carbocycles. The van der Waals surface area contributed by atoms with Crippen molar-refractivity contribution in [3.8, 4) is 5.75 Å². The second-order valence-corrected chi connectivity index (χ2v) is 5.15. The standard InChI is InChI=1S/C13H12O4S/c14-18(15,16)13-8-4-7-12(9-13)17-10-11-5-2-1-3-6-11/h1-9H,10H2,(H,14,15,16). The maximum atomic E-state index is 11.0. The molecule has 0 fully saturated rings. The van der Waals surface area contributed by atoms with Gasteiger partial charge in [0.15, 0.2) is 0 Å². The van der Waals surface area contributed by atoms with Gasteiger partial charge in [0.25, 0.3) is 10.1 Å². The molecule has 2 rings (SSSR count). The quantitative estimate of drug-likeness (QED) is 0.862. The van der Waals surface area contributed by atoms with Gasteiger partial charge < -0.3 is 4.74 Å². The number of ether oxygens (including phenoxy) is 1. The normalized spacial score (nSPS) is 11.2. The van der Waals surface area contributed by atoms with E-state index < -0.39 is 10.1 Å². The van der Waals surface area contributed by atoms with Crippen molar-refractivity contribution in [1.29, 1.82) is 0 Å². The molecule has 94 valence electrons. The summed E-state index contributed by atoms with van der Waals surface area (Å²) < 4.78 is 36.3. The zero-order valence-electron chi connectivity index (χ0n) is 9.48. The predicted molar refractivity (Wildman–Crippen MR) is 67.0 cm³/mol. The number of rotatable bonds is 4. The fourth-order valence-corrected chi connectivity index (χ4v) is 1.98. The average Bonchev–Trinajstić information content (AvgIpc) is 2.37. The third kappa shape index (κ3) is 3.32. The van der Waals surface area contributed by atoms with Crippen molar-refractivity contribution in [3.63, 3.8) is 0 Å². The number of benzene rings is 2. The van der Waals surface area contributed by atoms with Crippen LogP contribution in [0, 0.1) is 0 Å². The van der Waals surface area contributed by atoms with Crippen LogP contribution >= 0.6 is 0 Å². The van der Waals surface area contributed by atoms with Gasteiger partial charge in [-0.05, 0) is 17.7 Å². The molecule has 0 saturated heterocycles. The summed E-state index contributed by atoms with van der Waals surface area (Å²) in [7, 11) is -4.19. The third-order valence-electron chi connectivity index (χ3n) is 2.35. The molecule has 0 radical (unpaired) electrons. The molecule has 4 nitrogen and oxygen atoms in total. The first-order valence-electron chi connectivity index (χ1n) is 5.30. The monoisotopic (exact) mass is 264 g/mol. The van der Waals surface area contributed by atoms with Crippen molar-refractivity contribution in [2.75, 3.05) is 0 Å². The van der Waals surface area contributed by atoms with Crippen LogP contribution in [0.25, 0.3) is 0 Å². The molecule has 0 atom stereocenters. The highest BCUT2D eigenvalue weighted by atomic mass is 32.2. The first-order chi connectivity index (χ1) is 8.55. The van der Waals surface area contributed by atoms with Gasteiger partial charge in [-0.25, -0.2) is 0 Å². The van der Waals surface area contributed by atoms with Crippen LogP contribution in [0.3, 0.4) is 0 Å². The Balaban J connectivity index is 2.11. The van der Waals surface area contributed by atoms with Crippen molar-refractivity contribution in [2.45, 2.75) is 11.5 Å². The van der Waals surface area contributed by atoms with Gasteiger partial charge in [0.05, 0.1) is 4.90 Å². The smallest absolute Gasteiger partial charge is 0.294 e. The molecule has 0 aliphatic heterocycles. The Hall–Kier alpha value is -1.85. The molecule has 2 aromatic rings. The second-order valence-electron chi connectivity index (χ2n) is 3.72. The van der Waals surface area contributed by atoms with Crippen LogP contribution in [0.5, 0.6) is 5.75 Å². The van der Waals surface area contributed by atoms with E-state index in [0.717, 1.165) is 5.56 Å². The van der Waals surface area contributed by atoms with Gasteiger partial charge in [-0.2, -0.15) is 8.42 Å². The topological polar surface area (TPSA) is 63.6 Å². The van der Waals surface area contributed by atoms with Gasteiger partial charge in [0.1, 0.15) is 12.4 Å². The summed E-state index contributed by atoms with van der Waals surface area (Å²) in [6.45, 7) is 0.343. The van der Waals surface area contributed by atoms with Crippen LogP contribution in [0.4, 0.5) is 0 Å². The molecule has 0 heterocycles. The molecule has 5 heteroatoms. The highest BCUT2D eigenvalue weighted by molar-refractivity contribution is 7.85. The fraction of sp³-hybridized carbons (Fsp3) is 0.0769. The summed E-state index contributed by atoms with van der Waals surface area (Å²) in [5, 5.41) is 0. The molecule has 0 spiro atoms. The Morgan fingerprint density at radius 3 is 2.39 bits per heavy atom. The van der Waals surface area contributed by atoms with Crippen molar-refractivity contribution >= 4 is 10.1 Å². The lowest BCUT2D eigenvalue weighted by Gasteiger charge is -2.07. The van der Waals surface area contributed by atoms with E-state index in [1.54, 1.807) is 6.07 Å². The van der Waals surface area contributed by atoms with Gasteiger partial charge in [0.2, 0.25) is 0 Å². The van der Waals surface area contributed by atoms with E-state index in [-0.39, 0.29) is 4.90 Å². The van der Waals surface area contributed by atoms with Crippen LogP contribution in [-0.4, -0.2) is 13.0 Å². The van der Waals surface area contributed by atoms with Crippen molar-refractivity contribution in [2.24, 2.45) is 0 Å². The Morgan fingerprint density at radius 2 is 1.72 bits per heavy atom. The lowest BCUT2D eigenvalue weighted by molar-refractivity contribution is 0.305. The lowest BCUT2D eigenvalue weighted by Crippen LogP contribution is -1.99. The fourth-order valence-electron chi connectivity index (χ4n) is 1.47. The van der Waals surface area contributed by atoms with Gasteiger partial charge in [0, 0.05) is 6.07 Å². The summed E-state index contributed by atoms with van der Waals surface area (Å²) in [6.07, 6.45) is 0. The molecule has 2 aromatic carbocycles. The highest BCUT2D eigenvalue weighted by Crippen LogP contribution is 2.18. The number of hydrogen-bond donors (Lipinski definition) is 1. The molecule has 0 amide bonds. The van der Waals surface area contributed by atoms with Gasteiger partial charge in [-0.3, -0.25) is 4.55 Å². The minimum Gasteiger partial charge on any atom is -0.489 e. The SMILES string of the molecule is O=S(=O)(O)c1cccc(OCc2ccccc2)c1. The molecule has 0 aliphatic carbocycles. The summed E-state index contributed by atoms with van der Waals surface area (Å²) in [5.74, 6) is 0.397. The van der Waals surface area contributed by atoms with E-state index >= 15 is 0 Å². The van der Waals surface area contributed by atoms with Gasteiger partial charge >= 0.3 is 0 Å². The minimum absolute atomic E-state index is 0.173. The molecule has 0 bridgehead atoms. The van der Waals surface area contributed by atoms with E-state index in [0.29, 0.717) is 12.4 Å². The van der Waals surface area contributed by atoms with Crippen molar-refractivity contribution in [3.05, 3.63) is 60.2 Å². The van der Waals surface area contributed by atoms with Crippen molar-refractivity contribution < 1.29 is 17.7 Å². The molecule has 18 heavy (non-hydrogen) atoms. The Kier molecular flexibility index (Phi) is 3.64. The largest absolute Gasteiger partial charge is 0.489 e. The number of hydrogen-bond acceptors (Lipinski definition) is 3. The van der Waals surface area contributed by atoms with E-state index in [4.69, 9.17) is 9.29 Å². The molecule has 1 N–H and O–H groups in total. The zero-order chi connectivity index (χ0) is 13.0.